The summed E-state index contributed by atoms with van der Waals surface area (Å²) >= 11 is 0. The van der Waals surface area contributed by atoms with Crippen molar-refractivity contribution in [3.8, 4) is 0 Å². The second kappa shape index (κ2) is 5.47. The maximum atomic E-state index is 12.1. The Labute approximate surface area is 123 Å². The molecule has 21 heavy (non-hydrogen) atoms. The van der Waals surface area contributed by atoms with Crippen LogP contribution in [0.4, 0.5) is 10.5 Å². The van der Waals surface area contributed by atoms with Crippen molar-refractivity contribution < 1.29 is 4.79 Å². The number of nitrogen functional groups attached to an aromatic ring is 1. The molecule has 1 aliphatic heterocycles. The second-order valence-corrected chi connectivity index (χ2v) is 5.33. The summed E-state index contributed by atoms with van der Waals surface area (Å²) < 4.78 is 1.83. The molecule has 2 aromatic rings. The Kier molecular flexibility index (Phi) is 3.51. The smallest absolute Gasteiger partial charge is 0.319 e. The van der Waals surface area contributed by atoms with Crippen LogP contribution in [0.1, 0.15) is 11.6 Å². The van der Waals surface area contributed by atoms with Crippen LogP contribution in [0.5, 0.6) is 0 Å². The first-order valence-electron chi connectivity index (χ1n) is 7.00. The molecule has 1 aromatic carbocycles. The maximum Gasteiger partial charge on any atom is 0.319 e. The number of hydrogen-bond donors (Lipinski definition) is 1. The molecule has 1 aliphatic rings. The molecule has 2 heterocycles. The van der Waals surface area contributed by atoms with E-state index < -0.39 is 0 Å². The largest absolute Gasteiger partial charge is 0.396 e. The highest BCUT2D eigenvalue weighted by Crippen LogP contribution is 2.21. The quantitative estimate of drug-likeness (QED) is 0.924. The summed E-state index contributed by atoms with van der Waals surface area (Å²) in [6.07, 6.45) is 3.44. The van der Waals surface area contributed by atoms with Crippen LogP contribution in [0, 0.1) is 0 Å². The molecule has 6 nitrogen and oxygen atoms in total. The molecule has 0 radical (unpaired) electrons. The number of hydrogen-bond acceptors (Lipinski definition) is 3. The summed E-state index contributed by atoms with van der Waals surface area (Å²) in [5.41, 5.74) is 7.52. The number of carbonyl (C=O) groups excluding carboxylic acids is 1. The van der Waals surface area contributed by atoms with Gasteiger partial charge in [0.2, 0.25) is 0 Å². The number of benzene rings is 1. The topological polar surface area (TPSA) is 67.4 Å². The molecule has 1 aromatic heterocycles. The fourth-order valence-electron chi connectivity index (χ4n) is 2.62. The third-order valence-electron chi connectivity index (χ3n) is 3.82. The molecule has 2 amide bonds. The van der Waals surface area contributed by atoms with Gasteiger partial charge in [-0.05, 0) is 5.56 Å². The van der Waals surface area contributed by atoms with Gasteiger partial charge in [0.15, 0.2) is 0 Å². The molecular formula is C15H19N5O. The lowest BCUT2D eigenvalue weighted by Crippen LogP contribution is -2.35. The lowest BCUT2D eigenvalue weighted by Gasteiger charge is -2.24. The fourth-order valence-corrected chi connectivity index (χ4v) is 2.62. The van der Waals surface area contributed by atoms with Crippen LogP contribution in [0.15, 0.2) is 42.7 Å². The monoisotopic (exact) mass is 285 g/mol. The Morgan fingerprint density at radius 1 is 1.29 bits per heavy atom. The highest BCUT2D eigenvalue weighted by molar-refractivity contribution is 5.76. The molecule has 0 saturated carbocycles. The minimum absolute atomic E-state index is 0.0288. The van der Waals surface area contributed by atoms with E-state index in [4.69, 9.17) is 5.73 Å². The minimum Gasteiger partial charge on any atom is -0.396 e. The number of carbonyl (C=O) groups is 1. The molecule has 1 saturated heterocycles. The zero-order valence-corrected chi connectivity index (χ0v) is 12.0. The fraction of sp³-hybridized carbons (Fsp3) is 0.333. The highest BCUT2D eigenvalue weighted by Gasteiger charge is 2.29. The van der Waals surface area contributed by atoms with E-state index in [1.807, 2.05) is 53.2 Å². The number of rotatable bonds is 4. The number of urea groups is 1. The maximum absolute atomic E-state index is 12.1. The number of nitrogens with two attached hydrogens (primary N) is 1. The van der Waals surface area contributed by atoms with Crippen molar-refractivity contribution in [3.63, 3.8) is 0 Å². The van der Waals surface area contributed by atoms with E-state index >= 15 is 0 Å². The Balaban J connectivity index is 1.88. The lowest BCUT2D eigenvalue weighted by molar-refractivity contribution is 0.193. The van der Waals surface area contributed by atoms with E-state index in [0.29, 0.717) is 12.2 Å². The van der Waals surface area contributed by atoms with Crippen molar-refractivity contribution in [3.05, 3.63) is 48.3 Å². The van der Waals surface area contributed by atoms with Crippen LogP contribution in [0.25, 0.3) is 0 Å². The summed E-state index contributed by atoms with van der Waals surface area (Å²) in [5, 5.41) is 4.32. The summed E-state index contributed by atoms with van der Waals surface area (Å²) in [6.45, 7) is 2.10. The van der Waals surface area contributed by atoms with Crippen LogP contribution >= 0.6 is 0 Å². The average molecular weight is 285 g/mol. The van der Waals surface area contributed by atoms with Crippen molar-refractivity contribution >= 4 is 11.7 Å². The van der Waals surface area contributed by atoms with Crippen molar-refractivity contribution in [2.75, 3.05) is 32.4 Å². The molecule has 1 fully saturated rings. The van der Waals surface area contributed by atoms with Crippen molar-refractivity contribution in [1.29, 1.82) is 0 Å². The second-order valence-electron chi connectivity index (χ2n) is 5.33. The van der Waals surface area contributed by atoms with Gasteiger partial charge in [0, 0.05) is 32.9 Å². The third kappa shape index (κ3) is 2.69. The molecule has 1 unspecified atom stereocenters. The van der Waals surface area contributed by atoms with Crippen molar-refractivity contribution in [1.82, 2.24) is 19.6 Å². The molecule has 1 atom stereocenters. The first kappa shape index (κ1) is 13.5. The van der Waals surface area contributed by atoms with Crippen molar-refractivity contribution in [2.45, 2.75) is 6.04 Å². The van der Waals surface area contributed by atoms with Crippen LogP contribution < -0.4 is 5.73 Å². The average Bonchev–Trinajstić information content (AvgIpc) is 3.06. The van der Waals surface area contributed by atoms with Crippen LogP contribution in [-0.4, -0.2) is 52.3 Å². The lowest BCUT2D eigenvalue weighted by atomic mass is 10.1. The standard InChI is InChI=1S/C15H19N5O/c1-18-7-8-19(15(18)21)11-14(12-5-3-2-4-6-12)20-10-13(16)9-17-20/h2-6,9-10,14H,7-8,11,16H2,1H3. The Morgan fingerprint density at radius 2 is 2.05 bits per heavy atom. The number of anilines is 1. The van der Waals surface area contributed by atoms with E-state index in [9.17, 15) is 4.79 Å². The van der Waals surface area contributed by atoms with Gasteiger partial charge in [-0.1, -0.05) is 30.3 Å². The molecule has 2 N–H and O–H groups in total. The predicted molar refractivity (Wildman–Crippen MR) is 80.8 cm³/mol. The number of likely N-dealkylation sites (N-methyl/N-ethyl adjacent to an activating group) is 1. The summed E-state index contributed by atoms with van der Waals surface area (Å²) in [6, 6.07) is 10.1. The van der Waals surface area contributed by atoms with E-state index in [0.717, 1.165) is 18.7 Å². The van der Waals surface area contributed by atoms with E-state index in [2.05, 4.69) is 5.10 Å². The molecule has 3 rings (SSSR count). The predicted octanol–water partition coefficient (Wildman–Crippen LogP) is 1.42. The van der Waals surface area contributed by atoms with Gasteiger partial charge >= 0.3 is 6.03 Å². The summed E-state index contributed by atoms with van der Waals surface area (Å²) in [5.74, 6) is 0. The van der Waals surface area contributed by atoms with Crippen LogP contribution in [0.2, 0.25) is 0 Å². The number of nitrogens with zero attached hydrogens (tertiary/aromatic N) is 4. The van der Waals surface area contributed by atoms with Gasteiger partial charge in [-0.3, -0.25) is 4.68 Å². The van der Waals surface area contributed by atoms with E-state index in [1.54, 1.807) is 11.1 Å². The van der Waals surface area contributed by atoms with Gasteiger partial charge < -0.3 is 15.5 Å². The SMILES string of the molecule is CN1CCN(CC(c2ccccc2)n2cc(N)cn2)C1=O. The molecule has 0 spiro atoms. The molecule has 0 aliphatic carbocycles. The van der Waals surface area contributed by atoms with Gasteiger partial charge in [0.05, 0.1) is 17.9 Å². The Hall–Kier alpha value is -2.50. The van der Waals surface area contributed by atoms with E-state index in [-0.39, 0.29) is 12.1 Å². The normalized spacial score (nSPS) is 16.5. The minimum atomic E-state index is -0.0288. The first-order chi connectivity index (χ1) is 10.1. The van der Waals surface area contributed by atoms with Gasteiger partial charge in [-0.15, -0.1) is 0 Å². The summed E-state index contributed by atoms with van der Waals surface area (Å²) in [7, 11) is 1.83. The zero-order chi connectivity index (χ0) is 14.8. The van der Waals surface area contributed by atoms with Crippen LogP contribution in [-0.2, 0) is 0 Å². The van der Waals surface area contributed by atoms with Crippen molar-refractivity contribution in [2.24, 2.45) is 0 Å². The first-order valence-corrected chi connectivity index (χ1v) is 7.00. The summed E-state index contributed by atoms with van der Waals surface area (Å²) in [4.78, 5) is 15.7. The molecule has 6 heteroatoms. The third-order valence-corrected chi connectivity index (χ3v) is 3.82. The highest BCUT2D eigenvalue weighted by atomic mass is 16.2. The zero-order valence-electron chi connectivity index (χ0n) is 12.0. The van der Waals surface area contributed by atoms with Crippen LogP contribution in [0.3, 0.4) is 0 Å². The molecular weight excluding hydrogens is 266 g/mol. The van der Waals surface area contributed by atoms with Gasteiger partial charge in [-0.2, -0.15) is 5.10 Å². The molecule has 110 valence electrons. The number of aromatic nitrogens is 2. The number of amides is 2. The van der Waals surface area contributed by atoms with Gasteiger partial charge in [-0.25, -0.2) is 4.79 Å². The Morgan fingerprint density at radius 3 is 2.62 bits per heavy atom. The van der Waals surface area contributed by atoms with E-state index in [1.165, 1.54) is 0 Å². The van der Waals surface area contributed by atoms with Gasteiger partial charge in [0.1, 0.15) is 0 Å². The molecule has 0 bridgehead atoms. The Bertz CT molecular complexity index is 624. The van der Waals surface area contributed by atoms with Gasteiger partial charge in [0.25, 0.3) is 0 Å².